The van der Waals surface area contributed by atoms with E-state index in [9.17, 15) is 5.11 Å². The minimum Gasteiger partial charge on any atom is -0.508 e. The summed E-state index contributed by atoms with van der Waals surface area (Å²) in [5.41, 5.74) is 3.61. The Morgan fingerprint density at radius 1 is 0.879 bits per heavy atom. The molecule has 1 N–H and O–H groups in total. The molecule has 4 nitrogen and oxygen atoms in total. The Labute approximate surface area is 196 Å². The van der Waals surface area contributed by atoms with E-state index < -0.39 is 0 Å². The fraction of sp³-hybridized carbons (Fsp3) is 0.379. The Balaban J connectivity index is 1.30. The van der Waals surface area contributed by atoms with Crippen LogP contribution < -0.4 is 9.47 Å². The van der Waals surface area contributed by atoms with Gasteiger partial charge in [-0.3, -0.25) is 0 Å². The first kappa shape index (κ1) is 21.8. The molecule has 0 bridgehead atoms. The predicted octanol–water partition coefficient (Wildman–Crippen LogP) is 5.96. The number of aromatic hydroxyl groups is 1. The van der Waals surface area contributed by atoms with Crippen molar-refractivity contribution in [2.75, 3.05) is 32.8 Å². The lowest BCUT2D eigenvalue weighted by molar-refractivity contribution is 0.205. The molecular formula is C29H33NO3. The van der Waals surface area contributed by atoms with Crippen LogP contribution in [0.5, 0.6) is 17.2 Å². The average molecular weight is 444 g/mol. The summed E-state index contributed by atoms with van der Waals surface area (Å²) in [6.45, 7) is 4.94. The number of piperidine rings is 1. The molecule has 2 aliphatic heterocycles. The third kappa shape index (κ3) is 5.17. The van der Waals surface area contributed by atoms with Crippen LogP contribution in [0.15, 0.2) is 72.8 Å². The number of hydrogen-bond acceptors (Lipinski definition) is 4. The van der Waals surface area contributed by atoms with Crippen molar-refractivity contribution in [3.63, 3.8) is 0 Å². The molecule has 172 valence electrons. The summed E-state index contributed by atoms with van der Waals surface area (Å²) < 4.78 is 12.1. The number of hydrogen-bond donors (Lipinski definition) is 1. The van der Waals surface area contributed by atoms with E-state index in [0.29, 0.717) is 6.61 Å². The third-order valence-electron chi connectivity index (χ3n) is 6.96. The van der Waals surface area contributed by atoms with Crippen molar-refractivity contribution in [3.05, 3.63) is 89.5 Å². The fourth-order valence-corrected chi connectivity index (χ4v) is 5.23. The molecule has 1 saturated heterocycles. The Bertz CT molecular complexity index is 1030. The quantitative estimate of drug-likeness (QED) is 0.458. The number of likely N-dealkylation sites (tertiary alicyclic amines) is 1. The first-order valence-corrected chi connectivity index (χ1v) is 12.2. The highest BCUT2D eigenvalue weighted by Gasteiger charge is 2.33. The van der Waals surface area contributed by atoms with Gasteiger partial charge in [0.2, 0.25) is 0 Å². The van der Waals surface area contributed by atoms with Crippen molar-refractivity contribution < 1.29 is 14.6 Å². The normalized spacial score (nSPS) is 20.6. The molecule has 2 heterocycles. The molecule has 3 aromatic carbocycles. The maximum absolute atomic E-state index is 9.95. The van der Waals surface area contributed by atoms with Crippen molar-refractivity contribution >= 4 is 0 Å². The average Bonchev–Trinajstić information content (AvgIpc) is 2.87. The minimum absolute atomic E-state index is 0.157. The highest BCUT2D eigenvalue weighted by atomic mass is 16.5. The van der Waals surface area contributed by atoms with Gasteiger partial charge in [0.1, 0.15) is 17.2 Å². The molecule has 0 aromatic heterocycles. The van der Waals surface area contributed by atoms with Gasteiger partial charge < -0.3 is 19.5 Å². The first-order valence-electron chi connectivity index (χ1n) is 12.2. The number of nitrogens with zero attached hydrogens (tertiary/aromatic N) is 1. The molecule has 33 heavy (non-hydrogen) atoms. The van der Waals surface area contributed by atoms with E-state index in [0.717, 1.165) is 36.6 Å². The van der Waals surface area contributed by atoms with E-state index >= 15 is 0 Å². The zero-order valence-corrected chi connectivity index (χ0v) is 19.2. The molecule has 0 amide bonds. The summed E-state index contributed by atoms with van der Waals surface area (Å²) in [7, 11) is 0. The van der Waals surface area contributed by atoms with Crippen LogP contribution in [0.25, 0.3) is 0 Å². The smallest absolute Gasteiger partial charge is 0.126 e. The zero-order valence-electron chi connectivity index (χ0n) is 19.2. The second-order valence-corrected chi connectivity index (χ2v) is 9.20. The summed E-state index contributed by atoms with van der Waals surface area (Å²) in [4.78, 5) is 2.56. The molecule has 0 radical (unpaired) electrons. The number of rotatable bonds is 7. The molecule has 1 unspecified atom stereocenters. The number of benzene rings is 3. The van der Waals surface area contributed by atoms with Gasteiger partial charge in [0.05, 0.1) is 13.2 Å². The highest BCUT2D eigenvalue weighted by Crippen LogP contribution is 2.47. The van der Waals surface area contributed by atoms with Crippen molar-refractivity contribution in [1.29, 1.82) is 0 Å². The van der Waals surface area contributed by atoms with E-state index in [2.05, 4.69) is 53.4 Å². The van der Waals surface area contributed by atoms with E-state index in [1.54, 1.807) is 12.1 Å². The first-order chi connectivity index (χ1) is 16.3. The summed E-state index contributed by atoms with van der Waals surface area (Å²) in [5, 5.41) is 9.95. The summed E-state index contributed by atoms with van der Waals surface area (Å²) in [6.07, 6.45) is 5.11. The summed E-state index contributed by atoms with van der Waals surface area (Å²) in [6, 6.07) is 24.6. The molecular weight excluding hydrogens is 410 g/mol. The Morgan fingerprint density at radius 2 is 1.67 bits per heavy atom. The maximum Gasteiger partial charge on any atom is 0.126 e. The molecule has 5 rings (SSSR count). The molecule has 3 aromatic rings. The van der Waals surface area contributed by atoms with Crippen LogP contribution in [-0.2, 0) is 0 Å². The van der Waals surface area contributed by atoms with E-state index in [1.807, 2.05) is 12.1 Å². The van der Waals surface area contributed by atoms with E-state index in [-0.39, 0.29) is 17.6 Å². The lowest BCUT2D eigenvalue weighted by atomic mass is 9.76. The lowest BCUT2D eigenvalue weighted by Crippen LogP contribution is -2.31. The molecule has 2 atom stereocenters. The Hall–Kier alpha value is -2.98. The van der Waals surface area contributed by atoms with Gasteiger partial charge in [0, 0.05) is 30.0 Å². The lowest BCUT2D eigenvalue weighted by Gasteiger charge is -2.34. The van der Waals surface area contributed by atoms with Crippen LogP contribution in [0.3, 0.4) is 0 Å². The number of ether oxygens (including phenoxy) is 2. The standard InChI is InChI=1S/C29H33NO3/c31-24-12-15-26-28(20-24)33-21-27(22-8-3-1-4-9-22)29(26)23-10-13-25(14-11-23)32-19-7-18-30-16-5-2-6-17-30/h1,3-4,8-15,20,27,29,31H,2,5-7,16-19,21H2/t27-,29?/m1/s1. The number of phenols is 1. The predicted molar refractivity (Wildman–Crippen MR) is 131 cm³/mol. The minimum atomic E-state index is 0.157. The van der Waals surface area contributed by atoms with Crippen LogP contribution in [0, 0.1) is 0 Å². The van der Waals surface area contributed by atoms with Crippen molar-refractivity contribution in [1.82, 2.24) is 4.90 Å². The van der Waals surface area contributed by atoms with Gasteiger partial charge in [-0.2, -0.15) is 0 Å². The molecule has 2 aliphatic rings. The van der Waals surface area contributed by atoms with Gasteiger partial charge in [-0.15, -0.1) is 0 Å². The van der Waals surface area contributed by atoms with Gasteiger partial charge >= 0.3 is 0 Å². The third-order valence-corrected chi connectivity index (χ3v) is 6.96. The maximum atomic E-state index is 9.95. The molecule has 0 spiro atoms. The second kappa shape index (κ2) is 10.3. The molecule has 1 fully saturated rings. The fourth-order valence-electron chi connectivity index (χ4n) is 5.23. The molecule has 0 aliphatic carbocycles. The van der Waals surface area contributed by atoms with Crippen LogP contribution in [0.2, 0.25) is 0 Å². The van der Waals surface area contributed by atoms with Crippen LogP contribution in [0.4, 0.5) is 0 Å². The van der Waals surface area contributed by atoms with Crippen molar-refractivity contribution in [2.24, 2.45) is 0 Å². The van der Waals surface area contributed by atoms with Gasteiger partial charge in [0.15, 0.2) is 0 Å². The highest BCUT2D eigenvalue weighted by molar-refractivity contribution is 5.50. The summed E-state index contributed by atoms with van der Waals surface area (Å²) in [5.74, 6) is 2.29. The van der Waals surface area contributed by atoms with Crippen molar-refractivity contribution in [2.45, 2.75) is 37.5 Å². The topological polar surface area (TPSA) is 41.9 Å². The summed E-state index contributed by atoms with van der Waals surface area (Å²) >= 11 is 0. The monoisotopic (exact) mass is 443 g/mol. The van der Waals surface area contributed by atoms with Crippen LogP contribution >= 0.6 is 0 Å². The number of fused-ring (bicyclic) bond motifs is 1. The van der Waals surface area contributed by atoms with Crippen molar-refractivity contribution in [3.8, 4) is 17.2 Å². The Kier molecular flexibility index (Phi) is 6.82. The Morgan fingerprint density at radius 3 is 2.45 bits per heavy atom. The molecule has 4 heteroatoms. The number of phenolic OH excluding ortho intramolecular Hbond substituents is 1. The second-order valence-electron chi connectivity index (χ2n) is 9.20. The van der Waals surface area contributed by atoms with Gasteiger partial charge in [-0.05, 0) is 61.7 Å². The zero-order chi connectivity index (χ0) is 22.5. The van der Waals surface area contributed by atoms with Gasteiger partial charge in [-0.1, -0.05) is 55.0 Å². The van der Waals surface area contributed by atoms with E-state index in [1.165, 1.54) is 43.5 Å². The van der Waals surface area contributed by atoms with Gasteiger partial charge in [-0.25, -0.2) is 0 Å². The van der Waals surface area contributed by atoms with Crippen LogP contribution in [-0.4, -0.2) is 42.9 Å². The largest absolute Gasteiger partial charge is 0.508 e. The molecule has 0 saturated carbocycles. The van der Waals surface area contributed by atoms with E-state index in [4.69, 9.17) is 9.47 Å². The van der Waals surface area contributed by atoms with Crippen LogP contribution in [0.1, 0.15) is 54.2 Å². The SMILES string of the molecule is Oc1ccc2c(c1)OC[C@H](c1ccccc1)C2c1ccc(OCCCN2CCCCC2)cc1. The van der Waals surface area contributed by atoms with Gasteiger partial charge in [0.25, 0.3) is 0 Å².